The van der Waals surface area contributed by atoms with Gasteiger partial charge in [0, 0.05) is 16.7 Å². The van der Waals surface area contributed by atoms with Crippen molar-refractivity contribution in [3.8, 4) is 11.3 Å². The first kappa shape index (κ1) is 20.4. The van der Waals surface area contributed by atoms with Crippen LogP contribution in [-0.4, -0.2) is 21.1 Å². The van der Waals surface area contributed by atoms with Crippen LogP contribution in [0.4, 0.5) is 0 Å². The molecule has 2 aromatic carbocycles. The second-order valence-corrected chi connectivity index (χ2v) is 8.51. The van der Waals surface area contributed by atoms with Crippen molar-refractivity contribution in [3.05, 3.63) is 88.0 Å². The number of thioether (sulfide) groups is 1. The Balaban J connectivity index is 1.63. The Morgan fingerprint density at radius 1 is 1.13 bits per heavy atom. The van der Waals surface area contributed by atoms with Gasteiger partial charge in [0.05, 0.1) is 10.9 Å². The number of hydrogen-bond acceptors (Lipinski definition) is 6. The monoisotopic (exact) mass is 454 g/mol. The van der Waals surface area contributed by atoms with Crippen LogP contribution in [0, 0.1) is 0 Å². The molecule has 4 rings (SSSR count). The number of halogens is 1. The van der Waals surface area contributed by atoms with Crippen LogP contribution < -0.4 is 5.11 Å². The van der Waals surface area contributed by atoms with Gasteiger partial charge in [0.15, 0.2) is 0 Å². The molecule has 1 aromatic heterocycles. The second kappa shape index (κ2) is 8.47. The predicted octanol–water partition coefficient (Wildman–Crippen LogP) is 4.29. The van der Waals surface area contributed by atoms with Gasteiger partial charge in [0.25, 0.3) is 5.91 Å². The first-order valence-corrected chi connectivity index (χ1v) is 10.4. The van der Waals surface area contributed by atoms with E-state index in [-0.39, 0.29) is 9.23 Å². The van der Waals surface area contributed by atoms with Crippen molar-refractivity contribution in [1.29, 1.82) is 0 Å². The second-order valence-electron chi connectivity index (χ2n) is 6.40. The molecular formula is C22H13ClNO4S2-. The summed E-state index contributed by atoms with van der Waals surface area (Å²) >= 11 is 12.3. The fourth-order valence-electron chi connectivity index (χ4n) is 3.08. The average molecular weight is 455 g/mol. The number of aliphatic carboxylic acids is 1. The van der Waals surface area contributed by atoms with Crippen molar-refractivity contribution in [2.24, 2.45) is 0 Å². The molecule has 2 heterocycles. The van der Waals surface area contributed by atoms with Crippen LogP contribution >= 0.6 is 35.6 Å². The molecular weight excluding hydrogens is 442 g/mol. The lowest BCUT2D eigenvalue weighted by Crippen LogP contribution is -2.43. The summed E-state index contributed by atoms with van der Waals surface area (Å²) in [5, 5.41) is 12.4. The maximum absolute atomic E-state index is 13.0. The van der Waals surface area contributed by atoms with Crippen molar-refractivity contribution in [2.45, 2.75) is 6.04 Å². The summed E-state index contributed by atoms with van der Waals surface area (Å²) < 4.78 is 5.95. The lowest BCUT2D eigenvalue weighted by molar-refractivity contribution is -0.310. The summed E-state index contributed by atoms with van der Waals surface area (Å²) in [5.74, 6) is -0.880. The molecule has 0 saturated carbocycles. The molecule has 1 fully saturated rings. The van der Waals surface area contributed by atoms with E-state index in [0.29, 0.717) is 22.1 Å². The molecule has 0 aliphatic carbocycles. The Labute approximate surface area is 186 Å². The maximum Gasteiger partial charge on any atom is 0.267 e. The number of benzene rings is 2. The van der Waals surface area contributed by atoms with Crippen molar-refractivity contribution in [1.82, 2.24) is 4.90 Å². The van der Waals surface area contributed by atoms with E-state index in [9.17, 15) is 14.7 Å². The third-order valence-electron chi connectivity index (χ3n) is 4.43. The molecule has 0 bridgehead atoms. The fourth-order valence-corrected chi connectivity index (χ4v) is 4.57. The SMILES string of the molecule is O=C([O-])[C@H](c1ccccc1)N1C(=O)/C(=C\c2ccc(-c3cccc(Cl)c3)o2)SC1=S. The van der Waals surface area contributed by atoms with E-state index in [1.807, 2.05) is 12.1 Å². The summed E-state index contributed by atoms with van der Waals surface area (Å²) in [5.41, 5.74) is 1.21. The number of hydrogen-bond donors (Lipinski definition) is 0. The smallest absolute Gasteiger partial charge is 0.267 e. The van der Waals surface area contributed by atoms with Crippen LogP contribution in [0.3, 0.4) is 0 Å². The van der Waals surface area contributed by atoms with Crippen molar-refractivity contribution in [2.75, 3.05) is 0 Å². The average Bonchev–Trinajstić information content (AvgIpc) is 3.29. The zero-order valence-electron chi connectivity index (χ0n) is 15.3. The quantitative estimate of drug-likeness (QED) is 0.423. The molecule has 0 unspecified atom stereocenters. The number of amides is 1. The molecule has 30 heavy (non-hydrogen) atoms. The van der Waals surface area contributed by atoms with E-state index in [1.54, 1.807) is 60.7 Å². The van der Waals surface area contributed by atoms with Gasteiger partial charge in [-0.3, -0.25) is 9.69 Å². The third kappa shape index (κ3) is 4.05. The molecule has 1 atom stereocenters. The van der Waals surface area contributed by atoms with Crippen LogP contribution in [0.2, 0.25) is 5.02 Å². The molecule has 1 aliphatic heterocycles. The number of carbonyl (C=O) groups excluding carboxylic acids is 2. The minimum Gasteiger partial charge on any atom is -0.547 e. The van der Waals surface area contributed by atoms with Crippen molar-refractivity contribution < 1.29 is 19.1 Å². The summed E-state index contributed by atoms with van der Waals surface area (Å²) in [6.07, 6.45) is 1.55. The van der Waals surface area contributed by atoms with Crippen LogP contribution in [-0.2, 0) is 9.59 Å². The lowest BCUT2D eigenvalue weighted by Gasteiger charge is -2.27. The largest absolute Gasteiger partial charge is 0.547 e. The number of rotatable bonds is 5. The molecule has 150 valence electrons. The number of nitrogens with zero attached hydrogens (tertiary/aromatic N) is 1. The topological polar surface area (TPSA) is 73.6 Å². The predicted molar refractivity (Wildman–Crippen MR) is 118 cm³/mol. The standard InChI is InChI=1S/C22H14ClNO4S2/c23-15-8-4-7-14(11-15)17-10-9-16(28-17)12-18-20(25)24(22(29)30-18)19(21(26)27)13-5-2-1-3-6-13/h1-12,19H,(H,26,27)/p-1/b18-12+/t19-/m0/s1. The van der Waals surface area contributed by atoms with Crippen LogP contribution in [0.5, 0.6) is 0 Å². The summed E-state index contributed by atoms with van der Waals surface area (Å²) in [7, 11) is 0. The highest BCUT2D eigenvalue weighted by Crippen LogP contribution is 2.38. The van der Waals surface area contributed by atoms with Gasteiger partial charge >= 0.3 is 0 Å². The van der Waals surface area contributed by atoms with Crippen molar-refractivity contribution in [3.63, 3.8) is 0 Å². The molecule has 8 heteroatoms. The maximum atomic E-state index is 13.0. The molecule has 1 aliphatic rings. The zero-order chi connectivity index (χ0) is 21.3. The van der Waals surface area contributed by atoms with E-state index in [2.05, 4.69) is 0 Å². The van der Waals surface area contributed by atoms with Gasteiger partial charge in [0.2, 0.25) is 0 Å². The number of furan rings is 1. The number of carboxylic acid groups (broad SMARTS) is 1. The van der Waals surface area contributed by atoms with E-state index in [4.69, 9.17) is 28.2 Å². The Bertz CT molecular complexity index is 1170. The molecule has 0 radical (unpaired) electrons. The van der Waals surface area contributed by atoms with Crippen LogP contribution in [0.1, 0.15) is 17.4 Å². The number of thiocarbonyl (C=S) groups is 1. The first-order valence-electron chi connectivity index (χ1n) is 8.82. The minimum absolute atomic E-state index is 0.144. The lowest BCUT2D eigenvalue weighted by atomic mass is 10.1. The summed E-state index contributed by atoms with van der Waals surface area (Å²) in [6, 6.07) is 17.8. The van der Waals surface area contributed by atoms with E-state index >= 15 is 0 Å². The van der Waals surface area contributed by atoms with Gasteiger partial charge in [0.1, 0.15) is 21.9 Å². The Hall–Kier alpha value is -2.87. The van der Waals surface area contributed by atoms with Crippen LogP contribution in [0.15, 0.2) is 76.1 Å². The Kier molecular flexibility index (Phi) is 5.76. The first-order chi connectivity index (χ1) is 14.4. The Morgan fingerprint density at radius 3 is 2.60 bits per heavy atom. The normalized spacial score (nSPS) is 16.3. The number of carboxylic acids is 1. The van der Waals surface area contributed by atoms with Gasteiger partial charge in [-0.25, -0.2) is 0 Å². The summed E-state index contributed by atoms with van der Waals surface area (Å²) in [6.45, 7) is 0. The van der Waals surface area contributed by atoms with Gasteiger partial charge in [-0.2, -0.15) is 0 Å². The highest BCUT2D eigenvalue weighted by atomic mass is 35.5. The highest BCUT2D eigenvalue weighted by Gasteiger charge is 2.38. The summed E-state index contributed by atoms with van der Waals surface area (Å²) in [4.78, 5) is 26.1. The van der Waals surface area contributed by atoms with Gasteiger partial charge in [-0.15, -0.1) is 0 Å². The van der Waals surface area contributed by atoms with Gasteiger partial charge in [-0.05, 0) is 29.8 Å². The van der Waals surface area contributed by atoms with E-state index in [0.717, 1.165) is 22.2 Å². The van der Waals surface area contributed by atoms with Crippen molar-refractivity contribution >= 4 is 57.9 Å². The third-order valence-corrected chi connectivity index (χ3v) is 6.00. The molecule has 3 aromatic rings. The van der Waals surface area contributed by atoms with Gasteiger partial charge in [-0.1, -0.05) is 78.0 Å². The number of carbonyl (C=O) groups is 2. The molecule has 0 N–H and O–H groups in total. The molecule has 0 spiro atoms. The van der Waals surface area contributed by atoms with E-state index in [1.165, 1.54) is 0 Å². The minimum atomic E-state index is -1.40. The van der Waals surface area contributed by atoms with Gasteiger partial charge < -0.3 is 14.3 Å². The molecule has 5 nitrogen and oxygen atoms in total. The zero-order valence-corrected chi connectivity index (χ0v) is 17.7. The van der Waals surface area contributed by atoms with Crippen LogP contribution in [0.25, 0.3) is 17.4 Å². The fraction of sp³-hybridized carbons (Fsp3) is 0.0455. The molecule has 1 saturated heterocycles. The molecule has 1 amide bonds. The van der Waals surface area contributed by atoms with E-state index < -0.39 is 17.9 Å². The Morgan fingerprint density at radius 2 is 1.90 bits per heavy atom. The highest BCUT2D eigenvalue weighted by molar-refractivity contribution is 8.26.